The van der Waals surface area contributed by atoms with E-state index in [1.54, 1.807) is 7.05 Å². The Bertz CT molecular complexity index is 930. The third-order valence-electron chi connectivity index (χ3n) is 6.77. The summed E-state index contributed by atoms with van der Waals surface area (Å²) in [6, 6.07) is 4.69. The predicted octanol–water partition coefficient (Wildman–Crippen LogP) is 0.229. The van der Waals surface area contributed by atoms with Gasteiger partial charge in [-0.2, -0.15) is 0 Å². The van der Waals surface area contributed by atoms with E-state index in [-0.39, 0.29) is 13.2 Å². The van der Waals surface area contributed by atoms with Crippen LogP contribution in [0.1, 0.15) is 18.1 Å². The molecule has 10 nitrogen and oxygen atoms in total. The lowest BCUT2D eigenvalue weighted by atomic mass is 10.1. The zero-order chi connectivity index (χ0) is 23.7. The number of nitrogens with one attached hydrogen (secondary N) is 1. The summed E-state index contributed by atoms with van der Waals surface area (Å²) in [6.45, 7) is 10.8. The van der Waals surface area contributed by atoms with Crippen molar-refractivity contribution < 1.29 is 19.4 Å². The van der Waals surface area contributed by atoms with Crippen LogP contribution in [0.3, 0.4) is 0 Å². The summed E-state index contributed by atoms with van der Waals surface area (Å²) in [5.41, 5.74) is 2.30. The summed E-state index contributed by atoms with van der Waals surface area (Å²) in [4.78, 5) is 37.5. The number of hydrogen-bond donors (Lipinski definition) is 2. The van der Waals surface area contributed by atoms with E-state index in [0.29, 0.717) is 11.7 Å². The van der Waals surface area contributed by atoms with Gasteiger partial charge in [-0.15, -0.1) is 0 Å². The number of benzene rings is 1. The van der Waals surface area contributed by atoms with Gasteiger partial charge in [-0.05, 0) is 43.7 Å². The van der Waals surface area contributed by atoms with Gasteiger partial charge in [0.05, 0.1) is 6.54 Å². The molecule has 4 rings (SSSR count). The van der Waals surface area contributed by atoms with Crippen LogP contribution >= 0.6 is 0 Å². The molecule has 3 atom stereocenters. The Kier molecular flexibility index (Phi) is 6.76. The highest BCUT2D eigenvalue weighted by molar-refractivity contribution is 6.03. The molecular formula is C23H34N6O4. The molecule has 3 heterocycles. The van der Waals surface area contributed by atoms with E-state index < -0.39 is 30.2 Å². The van der Waals surface area contributed by atoms with Crippen molar-refractivity contribution in [3.8, 4) is 5.75 Å². The number of fused-ring (bicyclic) bond motifs is 1. The van der Waals surface area contributed by atoms with Crippen LogP contribution in [0.5, 0.6) is 5.75 Å². The molecule has 3 aliphatic rings. The van der Waals surface area contributed by atoms with Crippen LogP contribution in [0, 0.1) is 13.8 Å². The van der Waals surface area contributed by atoms with E-state index in [9.17, 15) is 14.7 Å². The Hall–Kier alpha value is -2.85. The van der Waals surface area contributed by atoms with Crippen LogP contribution in [0.4, 0.5) is 4.79 Å². The molecule has 3 unspecified atom stereocenters. The number of aliphatic imine (C=N–C) groups is 1. The van der Waals surface area contributed by atoms with E-state index in [2.05, 4.69) is 22.0 Å². The molecule has 2 fully saturated rings. The lowest BCUT2D eigenvalue weighted by Crippen LogP contribution is -2.65. The number of hydrogen-bond acceptors (Lipinski definition) is 8. The summed E-state index contributed by atoms with van der Waals surface area (Å²) in [6.07, 6.45) is -1.46. The van der Waals surface area contributed by atoms with Crippen LogP contribution in [-0.4, -0.2) is 114 Å². The van der Waals surface area contributed by atoms with Crippen molar-refractivity contribution in [2.24, 2.45) is 4.99 Å². The number of nitrogens with zero attached hydrogens (tertiary/aromatic N) is 5. The third kappa shape index (κ3) is 4.77. The zero-order valence-corrected chi connectivity index (χ0v) is 19.8. The number of aryl methyl sites for hydroxylation is 2. The number of amides is 3. The van der Waals surface area contributed by atoms with E-state index in [0.717, 1.165) is 38.3 Å². The first-order valence-electron chi connectivity index (χ1n) is 11.6. The van der Waals surface area contributed by atoms with Gasteiger partial charge in [0.15, 0.2) is 18.2 Å². The highest BCUT2D eigenvalue weighted by Crippen LogP contribution is 2.26. The summed E-state index contributed by atoms with van der Waals surface area (Å²) < 4.78 is 5.82. The first kappa shape index (κ1) is 23.3. The highest BCUT2D eigenvalue weighted by atomic mass is 16.5. The Morgan fingerprint density at radius 1 is 1.18 bits per heavy atom. The van der Waals surface area contributed by atoms with Gasteiger partial charge in [-0.3, -0.25) is 10.1 Å². The molecule has 180 valence electrons. The van der Waals surface area contributed by atoms with Crippen molar-refractivity contribution in [1.29, 1.82) is 0 Å². The Balaban J connectivity index is 1.49. The summed E-state index contributed by atoms with van der Waals surface area (Å²) in [7, 11) is 1.64. The average molecular weight is 459 g/mol. The van der Waals surface area contributed by atoms with Crippen molar-refractivity contribution in [2.75, 3.05) is 52.9 Å². The Labute approximate surface area is 194 Å². The largest absolute Gasteiger partial charge is 0.491 e. The fourth-order valence-corrected chi connectivity index (χ4v) is 4.51. The molecule has 0 spiro atoms. The molecular weight excluding hydrogens is 424 g/mol. The molecule has 2 saturated heterocycles. The minimum absolute atomic E-state index is 0.0870. The number of urea groups is 1. The van der Waals surface area contributed by atoms with Gasteiger partial charge in [-0.1, -0.05) is 13.0 Å². The van der Waals surface area contributed by atoms with Crippen LogP contribution in [0.15, 0.2) is 23.2 Å². The van der Waals surface area contributed by atoms with Gasteiger partial charge in [0.1, 0.15) is 18.5 Å². The van der Waals surface area contributed by atoms with Crippen LogP contribution in [0.2, 0.25) is 0 Å². The topological polar surface area (TPSA) is 101 Å². The standard InChI is InChI=1S/C23H34N6O4/c1-5-27-8-10-28(11-9-27)22-24-20-19(21(31)25-23(32)26(20)4)29(22)13-17(30)14-33-18-7-6-15(2)16(3)12-18/h6-7,12,17,19-20,30H,5,8-11,13-14H2,1-4H3,(H,25,31,32). The fourth-order valence-electron chi connectivity index (χ4n) is 4.51. The smallest absolute Gasteiger partial charge is 0.325 e. The van der Waals surface area contributed by atoms with Gasteiger partial charge in [0, 0.05) is 33.2 Å². The maximum atomic E-state index is 12.8. The van der Waals surface area contributed by atoms with Gasteiger partial charge >= 0.3 is 6.03 Å². The van der Waals surface area contributed by atoms with Gasteiger partial charge in [0.2, 0.25) is 0 Å². The van der Waals surface area contributed by atoms with Crippen molar-refractivity contribution >= 4 is 17.9 Å². The second-order valence-corrected chi connectivity index (χ2v) is 8.98. The molecule has 0 aliphatic carbocycles. The SMILES string of the molecule is CCN1CCN(C2=NC3C(C(=O)NC(=O)N3C)N2CC(O)COc2ccc(C)c(C)c2)CC1. The monoisotopic (exact) mass is 458 g/mol. The van der Waals surface area contributed by atoms with Crippen LogP contribution in [-0.2, 0) is 4.79 Å². The molecule has 33 heavy (non-hydrogen) atoms. The van der Waals surface area contributed by atoms with E-state index in [1.165, 1.54) is 10.5 Å². The lowest BCUT2D eigenvalue weighted by Gasteiger charge is -2.40. The molecule has 3 amide bonds. The number of aliphatic hydroxyl groups is 1. The van der Waals surface area contributed by atoms with E-state index in [4.69, 9.17) is 9.73 Å². The first-order valence-corrected chi connectivity index (χ1v) is 11.6. The third-order valence-corrected chi connectivity index (χ3v) is 6.77. The van der Waals surface area contributed by atoms with Crippen molar-refractivity contribution in [3.05, 3.63) is 29.3 Å². The van der Waals surface area contributed by atoms with E-state index in [1.807, 2.05) is 36.9 Å². The first-order chi connectivity index (χ1) is 15.8. The second-order valence-electron chi connectivity index (χ2n) is 8.98. The quantitative estimate of drug-likeness (QED) is 0.629. The molecule has 3 aliphatic heterocycles. The van der Waals surface area contributed by atoms with Crippen molar-refractivity contribution in [2.45, 2.75) is 39.1 Å². The average Bonchev–Trinajstić information content (AvgIpc) is 3.18. The summed E-state index contributed by atoms with van der Waals surface area (Å²) in [5.74, 6) is 0.959. The number of ether oxygens (including phenoxy) is 1. The molecule has 0 bridgehead atoms. The van der Waals surface area contributed by atoms with Gasteiger partial charge in [-0.25, -0.2) is 9.79 Å². The number of piperazine rings is 1. The molecule has 0 radical (unpaired) electrons. The lowest BCUT2D eigenvalue weighted by molar-refractivity contribution is -0.127. The molecule has 1 aromatic carbocycles. The number of likely N-dealkylation sites (N-methyl/N-ethyl adjacent to an activating group) is 2. The fraction of sp³-hybridized carbons (Fsp3) is 0.609. The molecule has 0 aromatic heterocycles. The van der Waals surface area contributed by atoms with Crippen molar-refractivity contribution in [3.63, 3.8) is 0 Å². The number of guanidine groups is 1. The van der Waals surface area contributed by atoms with Crippen LogP contribution in [0.25, 0.3) is 0 Å². The minimum atomic E-state index is -0.844. The maximum absolute atomic E-state index is 12.8. The number of carbonyl (C=O) groups excluding carboxylic acids is 2. The molecule has 0 saturated carbocycles. The highest BCUT2D eigenvalue weighted by Gasteiger charge is 2.50. The Morgan fingerprint density at radius 2 is 1.91 bits per heavy atom. The number of imide groups is 1. The number of aliphatic hydroxyl groups excluding tert-OH is 1. The molecule has 1 aromatic rings. The van der Waals surface area contributed by atoms with E-state index >= 15 is 0 Å². The number of β-amino-alcohol motifs (C(OH)–C–C–N with tert-alkyl or cyclic N) is 1. The Morgan fingerprint density at radius 3 is 2.58 bits per heavy atom. The number of rotatable bonds is 6. The zero-order valence-electron chi connectivity index (χ0n) is 19.8. The molecule has 10 heteroatoms. The second kappa shape index (κ2) is 9.56. The minimum Gasteiger partial charge on any atom is -0.491 e. The molecule has 2 N–H and O–H groups in total. The van der Waals surface area contributed by atoms with Gasteiger partial charge in [0.25, 0.3) is 5.91 Å². The normalized spacial score (nSPS) is 24.5. The van der Waals surface area contributed by atoms with Crippen molar-refractivity contribution in [1.82, 2.24) is 24.9 Å². The summed E-state index contributed by atoms with van der Waals surface area (Å²) in [5, 5.41) is 13.2. The maximum Gasteiger partial charge on any atom is 0.325 e. The number of carbonyl (C=O) groups is 2. The van der Waals surface area contributed by atoms with Gasteiger partial charge < -0.3 is 29.4 Å². The van der Waals surface area contributed by atoms with Crippen LogP contribution < -0.4 is 10.1 Å². The summed E-state index contributed by atoms with van der Waals surface area (Å²) >= 11 is 0. The predicted molar refractivity (Wildman–Crippen MR) is 124 cm³/mol.